The molecule has 0 aliphatic heterocycles. The van der Waals surface area contributed by atoms with E-state index in [0.29, 0.717) is 12.1 Å². The van der Waals surface area contributed by atoms with Gasteiger partial charge in [0.05, 0.1) is 10.8 Å². The number of nitrogens with two attached hydrogens (primary N) is 1. The molecule has 0 radical (unpaired) electrons. The van der Waals surface area contributed by atoms with Crippen LogP contribution in [-0.2, 0) is 14.8 Å². The number of sulfonamides is 1. The van der Waals surface area contributed by atoms with Gasteiger partial charge in [0.25, 0.3) is 0 Å². The summed E-state index contributed by atoms with van der Waals surface area (Å²) < 4.78 is 22.8. The average Bonchev–Trinajstić information content (AvgIpc) is 2.53. The van der Waals surface area contributed by atoms with Crippen molar-refractivity contribution in [1.29, 1.82) is 0 Å². The van der Waals surface area contributed by atoms with Crippen molar-refractivity contribution in [2.24, 2.45) is 5.14 Å². The normalized spacial score (nSPS) is 12.6. The van der Waals surface area contributed by atoms with Crippen LogP contribution in [0.25, 0.3) is 0 Å². The fourth-order valence-corrected chi connectivity index (χ4v) is 2.96. The van der Waals surface area contributed by atoms with Crippen LogP contribution in [0.3, 0.4) is 0 Å². The molecular weight excluding hydrogens is 312 g/mol. The maximum atomic E-state index is 12.6. The quantitative estimate of drug-likeness (QED) is 0.852. The van der Waals surface area contributed by atoms with Crippen molar-refractivity contribution < 1.29 is 13.2 Å². The minimum Gasteiger partial charge on any atom is -0.326 e. The van der Waals surface area contributed by atoms with Crippen LogP contribution in [0.1, 0.15) is 31.2 Å². The van der Waals surface area contributed by atoms with Crippen molar-refractivity contribution in [3.63, 3.8) is 0 Å². The number of primary sulfonamides is 1. The first-order valence-corrected chi connectivity index (χ1v) is 8.95. The second-order valence-electron chi connectivity index (χ2n) is 5.31. The van der Waals surface area contributed by atoms with E-state index in [9.17, 15) is 13.2 Å². The van der Waals surface area contributed by atoms with Crippen molar-refractivity contribution in [2.75, 3.05) is 5.32 Å². The van der Waals surface area contributed by atoms with Crippen LogP contribution in [0, 0.1) is 0 Å². The summed E-state index contributed by atoms with van der Waals surface area (Å²) in [5.74, 6) is -0.441. The van der Waals surface area contributed by atoms with Crippen LogP contribution >= 0.6 is 0 Å². The van der Waals surface area contributed by atoms with Crippen LogP contribution in [0.4, 0.5) is 5.69 Å². The molecule has 0 spiro atoms. The van der Waals surface area contributed by atoms with Crippen molar-refractivity contribution in [2.45, 2.75) is 30.6 Å². The Morgan fingerprint density at radius 2 is 1.83 bits per heavy atom. The summed E-state index contributed by atoms with van der Waals surface area (Å²) in [4.78, 5) is 12.5. The number of hydrogen-bond donors (Lipinski definition) is 2. The third-order valence-electron chi connectivity index (χ3n) is 3.53. The zero-order valence-corrected chi connectivity index (χ0v) is 13.7. The molecule has 5 nitrogen and oxygen atoms in total. The van der Waals surface area contributed by atoms with E-state index in [0.717, 1.165) is 12.0 Å². The summed E-state index contributed by atoms with van der Waals surface area (Å²) >= 11 is 0. The van der Waals surface area contributed by atoms with Gasteiger partial charge in [-0.3, -0.25) is 4.79 Å². The largest absolute Gasteiger partial charge is 0.326 e. The number of benzene rings is 2. The SMILES string of the molecule is CCC[C@@H](C(=O)Nc1cccc(S(N)(=O)=O)c1)c1ccccc1. The molecule has 23 heavy (non-hydrogen) atoms. The Labute approximate surface area is 136 Å². The highest BCUT2D eigenvalue weighted by molar-refractivity contribution is 7.89. The Kier molecular flexibility index (Phi) is 5.52. The monoisotopic (exact) mass is 332 g/mol. The van der Waals surface area contributed by atoms with Gasteiger partial charge < -0.3 is 5.32 Å². The van der Waals surface area contributed by atoms with Crippen LogP contribution < -0.4 is 10.5 Å². The number of hydrogen-bond acceptors (Lipinski definition) is 3. The Hall–Kier alpha value is -2.18. The molecule has 0 aliphatic carbocycles. The number of carbonyl (C=O) groups excluding carboxylic acids is 1. The first kappa shape index (κ1) is 17.2. The van der Waals surface area contributed by atoms with Crippen molar-refractivity contribution in [1.82, 2.24) is 0 Å². The average molecular weight is 332 g/mol. The van der Waals surface area contributed by atoms with Crippen LogP contribution in [-0.4, -0.2) is 14.3 Å². The maximum Gasteiger partial charge on any atom is 0.238 e. The number of amides is 1. The van der Waals surface area contributed by atoms with E-state index < -0.39 is 10.0 Å². The Morgan fingerprint density at radius 1 is 1.13 bits per heavy atom. The Balaban J connectivity index is 2.22. The van der Waals surface area contributed by atoms with E-state index in [-0.39, 0.29) is 16.7 Å². The van der Waals surface area contributed by atoms with E-state index in [1.54, 1.807) is 12.1 Å². The molecule has 2 aromatic carbocycles. The fourth-order valence-electron chi connectivity index (χ4n) is 2.40. The zero-order chi connectivity index (χ0) is 16.9. The predicted octanol–water partition coefficient (Wildman–Crippen LogP) is 2.86. The number of anilines is 1. The summed E-state index contributed by atoms with van der Waals surface area (Å²) in [6.07, 6.45) is 1.58. The molecule has 1 atom stereocenters. The lowest BCUT2D eigenvalue weighted by molar-refractivity contribution is -0.117. The lowest BCUT2D eigenvalue weighted by Crippen LogP contribution is -2.21. The predicted molar refractivity (Wildman–Crippen MR) is 90.5 cm³/mol. The van der Waals surface area contributed by atoms with Crippen molar-refractivity contribution in [3.8, 4) is 0 Å². The molecule has 122 valence electrons. The van der Waals surface area contributed by atoms with Gasteiger partial charge >= 0.3 is 0 Å². The van der Waals surface area contributed by atoms with E-state index >= 15 is 0 Å². The van der Waals surface area contributed by atoms with Gasteiger partial charge in [-0.15, -0.1) is 0 Å². The van der Waals surface area contributed by atoms with Crippen LogP contribution in [0.5, 0.6) is 0 Å². The van der Waals surface area contributed by atoms with Crippen molar-refractivity contribution >= 4 is 21.6 Å². The third-order valence-corrected chi connectivity index (χ3v) is 4.44. The highest BCUT2D eigenvalue weighted by Gasteiger charge is 2.20. The number of nitrogens with one attached hydrogen (secondary N) is 1. The first-order valence-electron chi connectivity index (χ1n) is 7.40. The second kappa shape index (κ2) is 7.39. The second-order valence-corrected chi connectivity index (χ2v) is 6.88. The molecule has 0 unspecified atom stereocenters. The van der Waals surface area contributed by atoms with E-state index in [1.807, 2.05) is 37.3 Å². The Morgan fingerprint density at radius 3 is 2.43 bits per heavy atom. The summed E-state index contributed by atoms with van der Waals surface area (Å²) in [5.41, 5.74) is 1.35. The standard InChI is InChI=1S/C17H20N2O3S/c1-2-7-16(13-8-4-3-5-9-13)17(20)19-14-10-6-11-15(12-14)23(18,21)22/h3-6,8-12,16H,2,7H2,1H3,(H,19,20)(H2,18,21,22)/t16-/m1/s1. The van der Waals surface area contributed by atoms with Gasteiger partial charge in [0.2, 0.25) is 15.9 Å². The summed E-state index contributed by atoms with van der Waals surface area (Å²) in [6.45, 7) is 2.02. The summed E-state index contributed by atoms with van der Waals surface area (Å²) in [6, 6.07) is 15.5. The molecule has 0 bridgehead atoms. The first-order chi connectivity index (χ1) is 10.9. The molecule has 0 heterocycles. The lowest BCUT2D eigenvalue weighted by atomic mass is 9.93. The van der Waals surface area contributed by atoms with Gasteiger partial charge in [0.1, 0.15) is 0 Å². The molecule has 1 amide bonds. The molecule has 3 N–H and O–H groups in total. The lowest BCUT2D eigenvalue weighted by Gasteiger charge is -2.17. The molecule has 6 heteroatoms. The molecule has 0 fully saturated rings. The van der Waals surface area contributed by atoms with Gasteiger partial charge in [-0.2, -0.15) is 0 Å². The molecule has 0 aliphatic rings. The fraction of sp³-hybridized carbons (Fsp3) is 0.235. The van der Waals surface area contributed by atoms with Gasteiger partial charge in [0.15, 0.2) is 0 Å². The molecule has 0 aromatic heterocycles. The van der Waals surface area contributed by atoms with Gasteiger partial charge in [-0.25, -0.2) is 13.6 Å². The van der Waals surface area contributed by atoms with Gasteiger partial charge in [0, 0.05) is 5.69 Å². The van der Waals surface area contributed by atoms with Crippen LogP contribution in [0.15, 0.2) is 59.5 Å². The van der Waals surface area contributed by atoms with Crippen LogP contribution in [0.2, 0.25) is 0 Å². The molecule has 0 saturated heterocycles. The number of carbonyl (C=O) groups is 1. The smallest absolute Gasteiger partial charge is 0.238 e. The Bertz CT molecular complexity index is 773. The maximum absolute atomic E-state index is 12.6. The van der Waals surface area contributed by atoms with Gasteiger partial charge in [-0.05, 0) is 30.2 Å². The summed E-state index contributed by atoms with van der Waals surface area (Å²) in [5, 5.41) is 7.89. The van der Waals surface area contributed by atoms with Gasteiger partial charge in [-0.1, -0.05) is 49.7 Å². The molecule has 2 rings (SSSR count). The van der Waals surface area contributed by atoms with Crippen molar-refractivity contribution in [3.05, 3.63) is 60.2 Å². The topological polar surface area (TPSA) is 89.3 Å². The molecular formula is C17H20N2O3S. The molecule has 0 saturated carbocycles. The molecule has 2 aromatic rings. The number of rotatable bonds is 6. The zero-order valence-electron chi connectivity index (χ0n) is 12.9. The van der Waals surface area contributed by atoms with E-state index in [1.165, 1.54) is 12.1 Å². The van der Waals surface area contributed by atoms with E-state index in [2.05, 4.69) is 5.32 Å². The highest BCUT2D eigenvalue weighted by atomic mass is 32.2. The van der Waals surface area contributed by atoms with E-state index in [4.69, 9.17) is 5.14 Å². The summed E-state index contributed by atoms with van der Waals surface area (Å²) in [7, 11) is -3.80. The third kappa shape index (κ3) is 4.64. The minimum atomic E-state index is -3.80. The minimum absolute atomic E-state index is 0.0259. The highest BCUT2D eigenvalue weighted by Crippen LogP contribution is 2.24.